The van der Waals surface area contributed by atoms with Crippen LogP contribution in [0, 0.1) is 5.92 Å². The average Bonchev–Trinajstić information content (AvgIpc) is 2.28. The molecule has 2 heterocycles. The number of piperidine rings is 1. The van der Waals surface area contributed by atoms with Crippen molar-refractivity contribution >= 4 is 0 Å². The highest BCUT2D eigenvalue weighted by Crippen LogP contribution is 2.28. The third-order valence-corrected chi connectivity index (χ3v) is 3.44. The molecule has 0 aliphatic carbocycles. The predicted octanol–water partition coefficient (Wildman–Crippen LogP) is -0.421. The summed E-state index contributed by atoms with van der Waals surface area (Å²) in [5.74, 6) is 0.716. The molecule has 2 N–H and O–H groups in total. The molecular weight excluding hydrogens is 150 g/mol. The minimum atomic E-state index is 0.405. The molecule has 0 amide bonds. The molecule has 2 saturated heterocycles. The van der Waals surface area contributed by atoms with Gasteiger partial charge in [-0.2, -0.15) is 0 Å². The molecule has 2 fully saturated rings. The number of nitrogens with two attached hydrogens (primary N) is 1. The lowest BCUT2D eigenvalue weighted by Crippen LogP contribution is -2.46. The molecule has 3 nitrogen and oxygen atoms in total. The molecule has 0 aromatic carbocycles. The van der Waals surface area contributed by atoms with Gasteiger partial charge >= 0.3 is 0 Å². The Labute approximate surface area is 74.5 Å². The molecule has 2 rings (SSSR count). The van der Waals surface area contributed by atoms with Crippen LogP contribution in [0.4, 0.5) is 0 Å². The van der Waals surface area contributed by atoms with Crippen molar-refractivity contribution in [1.29, 1.82) is 0 Å². The normalized spacial score (nSPS) is 44.8. The summed E-state index contributed by atoms with van der Waals surface area (Å²) in [6.45, 7) is 3.51. The Morgan fingerprint density at radius 2 is 2.00 bits per heavy atom. The molecule has 0 aromatic heterocycles. The maximum Gasteiger partial charge on any atom is 0.0223 e. The summed E-state index contributed by atoms with van der Waals surface area (Å²) in [6, 6.07) is 1.17. The van der Waals surface area contributed by atoms with E-state index in [-0.39, 0.29) is 0 Å². The number of hydrogen-bond donors (Lipinski definition) is 1. The van der Waals surface area contributed by atoms with E-state index in [0.29, 0.717) is 12.0 Å². The van der Waals surface area contributed by atoms with Gasteiger partial charge in [0.05, 0.1) is 0 Å². The van der Waals surface area contributed by atoms with Gasteiger partial charge in [-0.05, 0) is 27.1 Å². The fourth-order valence-corrected chi connectivity index (χ4v) is 2.71. The fourth-order valence-electron chi connectivity index (χ4n) is 2.71. The molecule has 2 aliphatic rings. The molecule has 3 heteroatoms. The van der Waals surface area contributed by atoms with Gasteiger partial charge < -0.3 is 15.5 Å². The first kappa shape index (κ1) is 8.48. The fraction of sp³-hybridized carbons (Fsp3) is 1.00. The number of nitrogens with zero attached hydrogens (tertiary/aromatic N) is 2. The standard InChI is InChI=1S/C9H19N3/c1-11-4-3-9-7(5-11)8(10)6-12(9)2/h7-9H,3-6,10H2,1-2H3. The van der Waals surface area contributed by atoms with Crippen LogP contribution >= 0.6 is 0 Å². The third kappa shape index (κ3) is 1.26. The monoisotopic (exact) mass is 169 g/mol. The van der Waals surface area contributed by atoms with E-state index in [1.54, 1.807) is 0 Å². The Kier molecular flexibility index (Phi) is 2.10. The molecule has 12 heavy (non-hydrogen) atoms. The number of likely N-dealkylation sites (tertiary alicyclic amines) is 2. The quantitative estimate of drug-likeness (QED) is 0.534. The van der Waals surface area contributed by atoms with E-state index in [9.17, 15) is 0 Å². The van der Waals surface area contributed by atoms with Crippen molar-refractivity contribution in [3.05, 3.63) is 0 Å². The number of hydrogen-bond acceptors (Lipinski definition) is 3. The van der Waals surface area contributed by atoms with Crippen LogP contribution < -0.4 is 5.73 Å². The number of fused-ring (bicyclic) bond motifs is 1. The summed E-state index contributed by atoms with van der Waals surface area (Å²) in [5, 5.41) is 0. The van der Waals surface area contributed by atoms with Crippen molar-refractivity contribution in [3.63, 3.8) is 0 Å². The zero-order valence-corrected chi connectivity index (χ0v) is 8.03. The summed E-state index contributed by atoms with van der Waals surface area (Å²) < 4.78 is 0. The largest absolute Gasteiger partial charge is 0.326 e. The van der Waals surface area contributed by atoms with Crippen LogP contribution in [0.25, 0.3) is 0 Å². The van der Waals surface area contributed by atoms with Crippen molar-refractivity contribution in [2.75, 3.05) is 33.7 Å². The summed E-state index contributed by atoms with van der Waals surface area (Å²) in [6.07, 6.45) is 1.30. The van der Waals surface area contributed by atoms with Crippen LogP contribution in [0.15, 0.2) is 0 Å². The first-order valence-electron chi connectivity index (χ1n) is 4.83. The first-order chi connectivity index (χ1) is 5.68. The van der Waals surface area contributed by atoms with E-state index in [1.807, 2.05) is 0 Å². The molecule has 0 saturated carbocycles. The molecule has 3 unspecified atom stereocenters. The van der Waals surface area contributed by atoms with E-state index >= 15 is 0 Å². The van der Waals surface area contributed by atoms with Gasteiger partial charge in [0, 0.05) is 31.1 Å². The summed E-state index contributed by atoms with van der Waals surface area (Å²) in [7, 11) is 4.40. The van der Waals surface area contributed by atoms with E-state index in [1.165, 1.54) is 19.5 Å². The van der Waals surface area contributed by atoms with Gasteiger partial charge in [-0.1, -0.05) is 0 Å². The summed E-state index contributed by atoms with van der Waals surface area (Å²) in [4.78, 5) is 4.84. The number of likely N-dealkylation sites (N-methyl/N-ethyl adjacent to an activating group) is 1. The lowest BCUT2D eigenvalue weighted by molar-refractivity contribution is 0.142. The summed E-state index contributed by atoms with van der Waals surface area (Å²) >= 11 is 0. The van der Waals surface area contributed by atoms with Crippen LogP contribution in [-0.4, -0.2) is 55.6 Å². The second-order valence-electron chi connectivity index (χ2n) is 4.39. The topological polar surface area (TPSA) is 32.5 Å². The van der Waals surface area contributed by atoms with Crippen LogP contribution in [0.3, 0.4) is 0 Å². The maximum atomic E-state index is 6.07. The SMILES string of the molecule is CN1CCC2C(C1)C(N)CN2C. The Balaban J connectivity index is 2.07. The minimum absolute atomic E-state index is 0.405. The van der Waals surface area contributed by atoms with Crippen LogP contribution in [0.2, 0.25) is 0 Å². The van der Waals surface area contributed by atoms with Crippen LogP contribution in [-0.2, 0) is 0 Å². The van der Waals surface area contributed by atoms with Gasteiger partial charge in [-0.15, -0.1) is 0 Å². The Hall–Kier alpha value is -0.120. The first-order valence-corrected chi connectivity index (χ1v) is 4.83. The second kappa shape index (κ2) is 2.98. The van der Waals surface area contributed by atoms with Crippen molar-refractivity contribution in [3.8, 4) is 0 Å². The zero-order valence-electron chi connectivity index (χ0n) is 8.03. The van der Waals surface area contributed by atoms with Crippen molar-refractivity contribution in [2.24, 2.45) is 11.7 Å². The van der Waals surface area contributed by atoms with E-state index in [4.69, 9.17) is 5.73 Å². The Morgan fingerprint density at radius 3 is 2.75 bits per heavy atom. The smallest absolute Gasteiger partial charge is 0.0223 e. The lowest BCUT2D eigenvalue weighted by atomic mass is 9.91. The Morgan fingerprint density at radius 1 is 1.25 bits per heavy atom. The van der Waals surface area contributed by atoms with Gasteiger partial charge in [-0.25, -0.2) is 0 Å². The zero-order chi connectivity index (χ0) is 8.72. The second-order valence-corrected chi connectivity index (χ2v) is 4.39. The molecule has 0 bridgehead atoms. The number of rotatable bonds is 0. The minimum Gasteiger partial charge on any atom is -0.326 e. The summed E-state index contributed by atoms with van der Waals surface area (Å²) in [5.41, 5.74) is 6.07. The highest BCUT2D eigenvalue weighted by molar-refractivity contribution is 4.97. The molecule has 0 spiro atoms. The molecule has 3 atom stereocenters. The van der Waals surface area contributed by atoms with Crippen molar-refractivity contribution in [2.45, 2.75) is 18.5 Å². The van der Waals surface area contributed by atoms with Crippen molar-refractivity contribution < 1.29 is 0 Å². The van der Waals surface area contributed by atoms with Gasteiger partial charge in [0.25, 0.3) is 0 Å². The van der Waals surface area contributed by atoms with Crippen LogP contribution in [0.1, 0.15) is 6.42 Å². The highest BCUT2D eigenvalue weighted by atomic mass is 15.2. The molecule has 0 aromatic rings. The maximum absolute atomic E-state index is 6.07. The molecule has 70 valence electrons. The third-order valence-electron chi connectivity index (χ3n) is 3.44. The van der Waals surface area contributed by atoms with E-state index < -0.39 is 0 Å². The van der Waals surface area contributed by atoms with Crippen molar-refractivity contribution in [1.82, 2.24) is 9.80 Å². The lowest BCUT2D eigenvalue weighted by Gasteiger charge is -2.35. The van der Waals surface area contributed by atoms with Gasteiger partial charge in [0.2, 0.25) is 0 Å². The Bertz CT molecular complexity index is 171. The van der Waals surface area contributed by atoms with Gasteiger partial charge in [0.1, 0.15) is 0 Å². The van der Waals surface area contributed by atoms with Gasteiger partial charge in [-0.3, -0.25) is 0 Å². The van der Waals surface area contributed by atoms with Gasteiger partial charge in [0.15, 0.2) is 0 Å². The molecule has 0 radical (unpaired) electrons. The molecular formula is C9H19N3. The average molecular weight is 169 g/mol. The van der Waals surface area contributed by atoms with E-state index in [2.05, 4.69) is 23.9 Å². The predicted molar refractivity (Wildman–Crippen MR) is 50.0 cm³/mol. The highest BCUT2D eigenvalue weighted by Gasteiger charge is 2.40. The van der Waals surface area contributed by atoms with E-state index in [0.717, 1.165) is 12.6 Å². The molecule has 2 aliphatic heterocycles. The van der Waals surface area contributed by atoms with Crippen LogP contribution in [0.5, 0.6) is 0 Å².